The minimum absolute atomic E-state index is 0.0776. The van der Waals surface area contributed by atoms with Gasteiger partial charge in [0.05, 0.1) is 5.69 Å². The maximum absolute atomic E-state index is 11.7. The third kappa shape index (κ3) is 3.53. The zero-order chi connectivity index (χ0) is 14.8. The van der Waals surface area contributed by atoms with Gasteiger partial charge in [-0.1, -0.05) is 23.1 Å². The molecular weight excluding hydrogens is 326 g/mol. The van der Waals surface area contributed by atoms with Crippen LogP contribution in [0.2, 0.25) is 0 Å². The smallest absolute Gasteiger partial charge is 0.225 e. The molecule has 1 amide bonds. The second kappa shape index (κ2) is 6.29. The number of nitrogens with zero attached hydrogens (tertiary/aromatic N) is 4. The van der Waals surface area contributed by atoms with E-state index in [-0.39, 0.29) is 5.91 Å². The number of rotatable bonds is 6. The van der Waals surface area contributed by atoms with E-state index < -0.39 is 0 Å². The summed E-state index contributed by atoms with van der Waals surface area (Å²) >= 11 is 4.67. The number of amides is 1. The number of hydrogen-bond donors (Lipinski definition) is 1. The van der Waals surface area contributed by atoms with Crippen molar-refractivity contribution in [1.82, 2.24) is 15.2 Å². The van der Waals surface area contributed by atoms with Gasteiger partial charge in [0.15, 0.2) is 9.47 Å². The van der Waals surface area contributed by atoms with Crippen molar-refractivity contribution >= 4 is 50.6 Å². The minimum Gasteiger partial charge on any atom is -0.363 e. The van der Waals surface area contributed by atoms with Gasteiger partial charge >= 0.3 is 0 Å². The van der Waals surface area contributed by atoms with Crippen LogP contribution in [-0.2, 0) is 10.5 Å². The van der Waals surface area contributed by atoms with Gasteiger partial charge in [-0.15, -0.1) is 21.5 Å². The Balaban J connectivity index is 1.63. The highest BCUT2D eigenvalue weighted by molar-refractivity contribution is 8.00. The lowest BCUT2D eigenvalue weighted by atomic mass is 10.5. The van der Waals surface area contributed by atoms with Gasteiger partial charge in [0.1, 0.15) is 0 Å². The molecule has 0 bridgehead atoms. The van der Waals surface area contributed by atoms with E-state index in [1.165, 1.54) is 22.7 Å². The van der Waals surface area contributed by atoms with Gasteiger partial charge in [-0.25, -0.2) is 4.98 Å². The molecule has 3 rings (SSSR count). The fraction of sp³-hybridized carbons (Fsp3) is 0.500. The van der Waals surface area contributed by atoms with Crippen molar-refractivity contribution in [3.8, 4) is 0 Å². The monoisotopic (exact) mass is 341 g/mol. The molecule has 1 N–H and O–H groups in total. The van der Waals surface area contributed by atoms with Crippen LogP contribution in [0.4, 0.5) is 10.3 Å². The molecule has 9 heteroatoms. The highest BCUT2D eigenvalue weighted by Gasteiger charge is 2.33. The molecule has 112 valence electrons. The molecule has 0 spiro atoms. The van der Waals surface area contributed by atoms with Crippen molar-refractivity contribution in [2.75, 3.05) is 17.3 Å². The van der Waals surface area contributed by atoms with Gasteiger partial charge < -0.3 is 5.32 Å². The highest BCUT2D eigenvalue weighted by atomic mass is 32.2. The van der Waals surface area contributed by atoms with Crippen LogP contribution in [0.25, 0.3) is 0 Å². The van der Waals surface area contributed by atoms with Gasteiger partial charge in [-0.3, -0.25) is 9.69 Å². The van der Waals surface area contributed by atoms with E-state index in [1.54, 1.807) is 18.7 Å². The lowest BCUT2D eigenvalue weighted by Gasteiger charge is -2.16. The number of aromatic nitrogens is 3. The summed E-state index contributed by atoms with van der Waals surface area (Å²) in [7, 11) is 1.83. The van der Waals surface area contributed by atoms with Gasteiger partial charge in [0, 0.05) is 31.1 Å². The summed E-state index contributed by atoms with van der Waals surface area (Å²) in [5.41, 5.74) is 0.980. The maximum Gasteiger partial charge on any atom is 0.225 e. The number of carbonyl (C=O) groups is 1. The lowest BCUT2D eigenvalue weighted by molar-refractivity contribution is -0.116. The zero-order valence-electron chi connectivity index (χ0n) is 11.7. The molecule has 2 heterocycles. The Morgan fingerprint density at radius 2 is 2.33 bits per heavy atom. The summed E-state index contributed by atoms with van der Waals surface area (Å²) in [6, 6.07) is 0.357. The number of thioether (sulfide) groups is 1. The van der Waals surface area contributed by atoms with Crippen LogP contribution in [0, 0.1) is 0 Å². The normalized spacial score (nSPS) is 14.2. The second-order valence-electron chi connectivity index (χ2n) is 4.65. The molecular formula is C12H15N5OS3. The Morgan fingerprint density at radius 3 is 2.95 bits per heavy atom. The second-order valence-corrected chi connectivity index (χ2v) is 7.69. The number of anilines is 2. The Morgan fingerprint density at radius 1 is 1.52 bits per heavy atom. The van der Waals surface area contributed by atoms with E-state index in [9.17, 15) is 4.79 Å². The summed E-state index contributed by atoms with van der Waals surface area (Å²) < 4.78 is 0.916. The Kier molecular flexibility index (Phi) is 4.41. The van der Waals surface area contributed by atoms with Crippen LogP contribution >= 0.6 is 34.4 Å². The number of carbonyl (C=O) groups excluding carboxylic acids is 1. The van der Waals surface area contributed by atoms with Crippen LogP contribution < -0.4 is 10.2 Å². The molecule has 1 fully saturated rings. The first-order valence-electron chi connectivity index (χ1n) is 6.55. The summed E-state index contributed by atoms with van der Waals surface area (Å²) in [6.07, 6.45) is 2.17. The lowest BCUT2D eigenvalue weighted by Crippen LogP contribution is -2.30. The van der Waals surface area contributed by atoms with Gasteiger partial charge in [0.2, 0.25) is 11.0 Å². The first-order chi connectivity index (χ1) is 10.2. The quantitative estimate of drug-likeness (QED) is 0.815. The third-order valence-corrected chi connectivity index (χ3v) is 5.96. The van der Waals surface area contributed by atoms with E-state index >= 15 is 0 Å². The topological polar surface area (TPSA) is 71.0 Å². The molecule has 0 unspecified atom stereocenters. The average Bonchev–Trinajstić information content (AvgIpc) is 3.01. The molecule has 1 aliphatic carbocycles. The van der Waals surface area contributed by atoms with Crippen molar-refractivity contribution in [3.63, 3.8) is 0 Å². The van der Waals surface area contributed by atoms with E-state index in [1.807, 2.05) is 17.3 Å². The predicted molar refractivity (Wildman–Crippen MR) is 87.3 cm³/mol. The van der Waals surface area contributed by atoms with E-state index in [4.69, 9.17) is 0 Å². The molecule has 0 radical (unpaired) electrons. The van der Waals surface area contributed by atoms with Crippen molar-refractivity contribution in [2.24, 2.45) is 0 Å². The van der Waals surface area contributed by atoms with E-state index in [2.05, 4.69) is 20.5 Å². The number of hydrogen-bond acceptors (Lipinski definition) is 8. The molecule has 1 saturated carbocycles. The Hall–Kier alpha value is -1.19. The van der Waals surface area contributed by atoms with E-state index in [0.29, 0.717) is 6.04 Å². The fourth-order valence-electron chi connectivity index (χ4n) is 1.86. The third-order valence-electron chi connectivity index (χ3n) is 2.96. The molecule has 2 aromatic heterocycles. The Labute approximate surface area is 135 Å². The summed E-state index contributed by atoms with van der Waals surface area (Å²) in [5.74, 6) is 0.819. The SMILES string of the molecule is CNc1nnc(SCc2csc(N(C(C)=O)C3CC3)n2)s1. The Bertz CT molecular complexity index is 636. The largest absolute Gasteiger partial charge is 0.363 e. The van der Waals surface area contributed by atoms with Crippen molar-refractivity contribution in [3.05, 3.63) is 11.1 Å². The predicted octanol–water partition coefficient (Wildman–Crippen LogP) is 2.84. The first-order valence-corrected chi connectivity index (χ1v) is 9.24. The summed E-state index contributed by atoms with van der Waals surface area (Å²) in [4.78, 5) is 18.1. The first kappa shape index (κ1) is 14.7. The molecule has 0 atom stereocenters. The maximum atomic E-state index is 11.7. The summed E-state index contributed by atoms with van der Waals surface area (Å²) in [6.45, 7) is 1.61. The van der Waals surface area contributed by atoms with Crippen LogP contribution in [0.15, 0.2) is 9.72 Å². The van der Waals surface area contributed by atoms with Crippen molar-refractivity contribution in [2.45, 2.75) is 35.9 Å². The van der Waals surface area contributed by atoms with E-state index in [0.717, 1.165) is 38.9 Å². The van der Waals surface area contributed by atoms with Gasteiger partial charge in [0.25, 0.3) is 0 Å². The highest BCUT2D eigenvalue weighted by Crippen LogP contribution is 2.35. The zero-order valence-corrected chi connectivity index (χ0v) is 14.1. The van der Waals surface area contributed by atoms with Gasteiger partial charge in [-0.05, 0) is 12.8 Å². The molecule has 0 aliphatic heterocycles. The van der Waals surface area contributed by atoms with Gasteiger partial charge in [-0.2, -0.15) is 0 Å². The molecule has 6 nitrogen and oxygen atoms in total. The van der Waals surface area contributed by atoms with Crippen LogP contribution in [0.1, 0.15) is 25.5 Å². The average molecular weight is 341 g/mol. The number of nitrogens with one attached hydrogen (secondary N) is 1. The molecule has 2 aromatic rings. The standard InChI is InChI=1S/C12H15N5OS3/c1-7(18)17(9-3-4-9)11-14-8(5-19-11)6-20-12-16-15-10(13-2)21-12/h5,9H,3-4,6H2,1-2H3,(H,13,15). The van der Waals surface area contributed by atoms with Crippen LogP contribution in [-0.4, -0.2) is 34.2 Å². The summed E-state index contributed by atoms with van der Waals surface area (Å²) in [5, 5.41) is 14.7. The van der Waals surface area contributed by atoms with Crippen molar-refractivity contribution in [1.29, 1.82) is 0 Å². The van der Waals surface area contributed by atoms with Crippen molar-refractivity contribution < 1.29 is 4.79 Å². The molecule has 0 saturated heterocycles. The van der Waals surface area contributed by atoms with Crippen LogP contribution in [0.3, 0.4) is 0 Å². The minimum atomic E-state index is 0.0776. The fourth-order valence-corrected chi connectivity index (χ4v) is 4.50. The number of thiazole rings is 1. The molecule has 0 aromatic carbocycles. The molecule has 1 aliphatic rings. The van der Waals surface area contributed by atoms with Crippen LogP contribution in [0.5, 0.6) is 0 Å². The molecule has 21 heavy (non-hydrogen) atoms.